The average Bonchev–Trinajstić information content (AvgIpc) is 2.27. The minimum Gasteiger partial charge on any atom is -0.385 e. The summed E-state index contributed by atoms with van der Waals surface area (Å²) in [5, 5.41) is 10.3. The van der Waals surface area contributed by atoms with E-state index in [2.05, 4.69) is 38.1 Å². The second-order valence-electron chi connectivity index (χ2n) is 4.82. The van der Waals surface area contributed by atoms with Crippen molar-refractivity contribution in [1.29, 1.82) is 0 Å². The molecule has 0 aliphatic heterocycles. The van der Waals surface area contributed by atoms with Gasteiger partial charge in [0.1, 0.15) is 0 Å². The van der Waals surface area contributed by atoms with Crippen molar-refractivity contribution in [1.82, 2.24) is 0 Å². The molecular formula is C15H24O. The molecule has 0 bridgehead atoms. The van der Waals surface area contributed by atoms with Crippen LogP contribution in [0.2, 0.25) is 0 Å². The summed E-state index contributed by atoms with van der Waals surface area (Å²) < 4.78 is 0. The van der Waals surface area contributed by atoms with Gasteiger partial charge in [-0.2, -0.15) is 0 Å². The summed E-state index contributed by atoms with van der Waals surface area (Å²) in [6, 6.07) is 8.44. The van der Waals surface area contributed by atoms with Crippen LogP contribution < -0.4 is 0 Å². The summed E-state index contributed by atoms with van der Waals surface area (Å²) in [5.74, 6) is 0. The average molecular weight is 220 g/mol. The van der Waals surface area contributed by atoms with Crippen molar-refractivity contribution in [2.75, 3.05) is 0 Å². The highest BCUT2D eigenvalue weighted by Gasteiger charge is 2.21. The van der Waals surface area contributed by atoms with Gasteiger partial charge < -0.3 is 5.11 Å². The van der Waals surface area contributed by atoms with E-state index in [1.165, 1.54) is 18.4 Å². The zero-order chi connectivity index (χ0) is 12.0. The van der Waals surface area contributed by atoms with Crippen LogP contribution in [0.25, 0.3) is 0 Å². The first kappa shape index (κ1) is 13.2. The standard InChI is InChI=1S/C15H24O/c1-4-6-7-13-8-10-14(11-9-13)15(3,16)12-5-2/h8-11,16H,4-7,12H2,1-3H3/t15-/m0/s1. The maximum atomic E-state index is 10.3. The molecule has 1 N–H and O–H groups in total. The monoisotopic (exact) mass is 220 g/mol. The Balaban J connectivity index is 2.70. The molecule has 1 rings (SSSR count). The van der Waals surface area contributed by atoms with E-state index in [0.29, 0.717) is 0 Å². The Labute approximate surface area is 99.5 Å². The molecule has 0 aliphatic carbocycles. The van der Waals surface area contributed by atoms with Gasteiger partial charge in [-0.3, -0.25) is 0 Å². The van der Waals surface area contributed by atoms with Gasteiger partial charge in [-0.1, -0.05) is 51.0 Å². The van der Waals surface area contributed by atoms with Crippen molar-refractivity contribution in [3.63, 3.8) is 0 Å². The van der Waals surface area contributed by atoms with E-state index in [1.807, 2.05) is 6.92 Å². The van der Waals surface area contributed by atoms with Crippen LogP contribution in [-0.4, -0.2) is 5.11 Å². The third-order valence-corrected chi connectivity index (χ3v) is 3.13. The second-order valence-corrected chi connectivity index (χ2v) is 4.82. The summed E-state index contributed by atoms with van der Waals surface area (Å²) in [5.41, 5.74) is 1.74. The van der Waals surface area contributed by atoms with Gasteiger partial charge >= 0.3 is 0 Å². The number of hydrogen-bond acceptors (Lipinski definition) is 1. The molecule has 90 valence electrons. The van der Waals surface area contributed by atoms with E-state index in [1.54, 1.807) is 0 Å². The highest BCUT2D eigenvalue weighted by Crippen LogP contribution is 2.26. The lowest BCUT2D eigenvalue weighted by Crippen LogP contribution is -2.20. The van der Waals surface area contributed by atoms with Crippen LogP contribution in [-0.2, 0) is 12.0 Å². The molecule has 0 radical (unpaired) electrons. The molecule has 0 aliphatic rings. The van der Waals surface area contributed by atoms with Crippen LogP contribution in [0.1, 0.15) is 57.6 Å². The fourth-order valence-electron chi connectivity index (χ4n) is 2.04. The second kappa shape index (κ2) is 6.05. The minimum atomic E-state index is -0.669. The fraction of sp³-hybridized carbons (Fsp3) is 0.600. The lowest BCUT2D eigenvalue weighted by Gasteiger charge is -2.23. The minimum absolute atomic E-state index is 0.669. The number of hydrogen-bond donors (Lipinski definition) is 1. The zero-order valence-corrected chi connectivity index (χ0v) is 10.8. The Kier molecular flexibility index (Phi) is 5.01. The molecule has 16 heavy (non-hydrogen) atoms. The smallest absolute Gasteiger partial charge is 0.0868 e. The Morgan fingerprint density at radius 1 is 1.06 bits per heavy atom. The third kappa shape index (κ3) is 3.64. The van der Waals surface area contributed by atoms with Crippen LogP contribution in [0.3, 0.4) is 0 Å². The largest absolute Gasteiger partial charge is 0.385 e. The van der Waals surface area contributed by atoms with E-state index < -0.39 is 5.60 Å². The van der Waals surface area contributed by atoms with Crippen LogP contribution >= 0.6 is 0 Å². The molecule has 1 heteroatoms. The van der Waals surface area contributed by atoms with Gasteiger partial charge in [0, 0.05) is 0 Å². The molecule has 0 amide bonds. The molecule has 0 saturated carbocycles. The van der Waals surface area contributed by atoms with Gasteiger partial charge in [-0.05, 0) is 37.3 Å². The number of aryl methyl sites for hydroxylation is 1. The van der Waals surface area contributed by atoms with Crippen LogP contribution in [0.4, 0.5) is 0 Å². The molecule has 0 unspecified atom stereocenters. The molecule has 0 saturated heterocycles. The van der Waals surface area contributed by atoms with Crippen molar-refractivity contribution >= 4 is 0 Å². The maximum Gasteiger partial charge on any atom is 0.0868 e. The summed E-state index contributed by atoms with van der Waals surface area (Å²) in [6.45, 7) is 6.21. The van der Waals surface area contributed by atoms with E-state index in [9.17, 15) is 5.11 Å². The molecule has 0 aromatic heterocycles. The van der Waals surface area contributed by atoms with Crippen molar-refractivity contribution in [3.05, 3.63) is 35.4 Å². The summed E-state index contributed by atoms with van der Waals surface area (Å²) >= 11 is 0. The molecule has 0 spiro atoms. The molecule has 1 nitrogen and oxygen atoms in total. The van der Waals surface area contributed by atoms with E-state index in [0.717, 1.165) is 24.8 Å². The Morgan fingerprint density at radius 3 is 2.19 bits per heavy atom. The Bertz CT molecular complexity index is 298. The van der Waals surface area contributed by atoms with Crippen molar-refractivity contribution in [2.24, 2.45) is 0 Å². The van der Waals surface area contributed by atoms with E-state index in [4.69, 9.17) is 0 Å². The van der Waals surface area contributed by atoms with Gasteiger partial charge in [-0.15, -0.1) is 0 Å². The molecule has 1 aromatic rings. The molecule has 0 heterocycles. The number of aliphatic hydroxyl groups is 1. The first-order chi connectivity index (χ1) is 7.60. The van der Waals surface area contributed by atoms with E-state index >= 15 is 0 Å². The molecule has 0 fully saturated rings. The van der Waals surface area contributed by atoms with Gasteiger partial charge in [0.2, 0.25) is 0 Å². The highest BCUT2D eigenvalue weighted by atomic mass is 16.3. The van der Waals surface area contributed by atoms with Crippen LogP contribution in [0, 0.1) is 0 Å². The predicted octanol–water partition coefficient (Wildman–Crippen LogP) is 4.04. The topological polar surface area (TPSA) is 20.2 Å². The van der Waals surface area contributed by atoms with Crippen molar-refractivity contribution in [2.45, 2.75) is 58.5 Å². The van der Waals surface area contributed by atoms with E-state index in [-0.39, 0.29) is 0 Å². The van der Waals surface area contributed by atoms with Crippen LogP contribution in [0.15, 0.2) is 24.3 Å². The summed E-state index contributed by atoms with van der Waals surface area (Å²) in [7, 11) is 0. The Morgan fingerprint density at radius 2 is 1.69 bits per heavy atom. The van der Waals surface area contributed by atoms with Crippen molar-refractivity contribution < 1.29 is 5.11 Å². The van der Waals surface area contributed by atoms with Gasteiger partial charge in [0.25, 0.3) is 0 Å². The zero-order valence-electron chi connectivity index (χ0n) is 10.8. The SMILES string of the molecule is CCCCc1ccc([C@@](C)(O)CCC)cc1. The molecular weight excluding hydrogens is 196 g/mol. The van der Waals surface area contributed by atoms with Gasteiger partial charge in [-0.25, -0.2) is 0 Å². The molecule has 1 aromatic carbocycles. The number of unbranched alkanes of at least 4 members (excludes halogenated alkanes) is 1. The fourth-order valence-corrected chi connectivity index (χ4v) is 2.04. The first-order valence-electron chi connectivity index (χ1n) is 6.42. The van der Waals surface area contributed by atoms with Gasteiger partial charge in [0.05, 0.1) is 5.60 Å². The normalized spacial score (nSPS) is 14.8. The highest BCUT2D eigenvalue weighted by molar-refractivity contribution is 5.26. The predicted molar refractivity (Wildman–Crippen MR) is 69.5 cm³/mol. The summed E-state index contributed by atoms with van der Waals surface area (Å²) in [4.78, 5) is 0. The Hall–Kier alpha value is -0.820. The first-order valence-corrected chi connectivity index (χ1v) is 6.42. The third-order valence-electron chi connectivity index (χ3n) is 3.13. The lowest BCUT2D eigenvalue weighted by molar-refractivity contribution is 0.0469. The maximum absolute atomic E-state index is 10.3. The quantitative estimate of drug-likeness (QED) is 0.767. The number of rotatable bonds is 6. The van der Waals surface area contributed by atoms with Crippen LogP contribution in [0.5, 0.6) is 0 Å². The lowest BCUT2D eigenvalue weighted by atomic mass is 9.90. The van der Waals surface area contributed by atoms with Crippen molar-refractivity contribution in [3.8, 4) is 0 Å². The number of benzene rings is 1. The molecule has 1 atom stereocenters. The van der Waals surface area contributed by atoms with Gasteiger partial charge in [0.15, 0.2) is 0 Å². The summed E-state index contributed by atoms with van der Waals surface area (Å²) in [6.07, 6.45) is 5.44.